The van der Waals surface area contributed by atoms with Crippen LogP contribution < -0.4 is 5.32 Å². The first-order valence-corrected chi connectivity index (χ1v) is 8.12. The Labute approximate surface area is 122 Å². The molecule has 2 aliphatic rings. The Bertz CT molecular complexity index is 452. The molecule has 2 atom stereocenters. The van der Waals surface area contributed by atoms with E-state index in [-0.39, 0.29) is 5.82 Å². The molecule has 3 rings (SSSR count). The highest BCUT2D eigenvalue weighted by Crippen LogP contribution is 2.46. The van der Waals surface area contributed by atoms with Gasteiger partial charge >= 0.3 is 0 Å². The van der Waals surface area contributed by atoms with E-state index in [1.54, 1.807) is 12.1 Å². The summed E-state index contributed by atoms with van der Waals surface area (Å²) in [5, 5.41) is 3.59. The van der Waals surface area contributed by atoms with Gasteiger partial charge in [-0.1, -0.05) is 44.7 Å². The second-order valence-corrected chi connectivity index (χ2v) is 7.07. The summed E-state index contributed by atoms with van der Waals surface area (Å²) in [6.45, 7) is 4.69. The van der Waals surface area contributed by atoms with Crippen molar-refractivity contribution in [2.24, 2.45) is 17.3 Å². The largest absolute Gasteiger partial charge is 0.316 e. The Morgan fingerprint density at radius 2 is 2.10 bits per heavy atom. The van der Waals surface area contributed by atoms with Gasteiger partial charge in [-0.25, -0.2) is 4.39 Å². The number of hydrogen-bond donors (Lipinski definition) is 1. The molecule has 1 aliphatic carbocycles. The molecule has 20 heavy (non-hydrogen) atoms. The lowest BCUT2D eigenvalue weighted by atomic mass is 9.63. The molecule has 1 aromatic rings. The normalized spacial score (nSPS) is 31.6. The van der Waals surface area contributed by atoms with Crippen LogP contribution in [0.3, 0.4) is 0 Å². The Kier molecular flexibility index (Phi) is 4.11. The lowest BCUT2D eigenvalue weighted by Gasteiger charge is -2.45. The van der Waals surface area contributed by atoms with Crippen LogP contribution in [-0.4, -0.2) is 13.1 Å². The van der Waals surface area contributed by atoms with Gasteiger partial charge in [-0.05, 0) is 60.9 Å². The molecule has 0 radical (unpaired) electrons. The lowest BCUT2D eigenvalue weighted by Crippen LogP contribution is -2.47. The van der Waals surface area contributed by atoms with Crippen molar-refractivity contribution in [2.45, 2.75) is 45.4 Å². The average molecular weight is 275 g/mol. The second kappa shape index (κ2) is 5.85. The summed E-state index contributed by atoms with van der Waals surface area (Å²) in [5.41, 5.74) is 1.49. The highest BCUT2D eigenvalue weighted by Gasteiger charge is 2.41. The van der Waals surface area contributed by atoms with Gasteiger partial charge in [0.1, 0.15) is 5.82 Å². The molecular formula is C18H26FN. The van der Waals surface area contributed by atoms with Crippen molar-refractivity contribution in [2.75, 3.05) is 13.1 Å². The van der Waals surface area contributed by atoms with Gasteiger partial charge in [0, 0.05) is 0 Å². The molecule has 1 saturated carbocycles. The number of rotatable bonds is 3. The molecule has 2 fully saturated rings. The molecule has 2 heteroatoms. The fourth-order valence-corrected chi connectivity index (χ4v) is 4.49. The summed E-state index contributed by atoms with van der Waals surface area (Å²) >= 11 is 0. The van der Waals surface area contributed by atoms with Crippen LogP contribution in [0.25, 0.3) is 0 Å². The summed E-state index contributed by atoms with van der Waals surface area (Å²) in [7, 11) is 0. The molecule has 0 aromatic heterocycles. The number of nitrogens with one attached hydrogen (secondary N) is 1. The van der Waals surface area contributed by atoms with Crippen LogP contribution in [0.1, 0.15) is 44.6 Å². The lowest BCUT2D eigenvalue weighted by molar-refractivity contribution is 0.0784. The van der Waals surface area contributed by atoms with Crippen molar-refractivity contribution < 1.29 is 4.39 Å². The fraction of sp³-hybridized carbons (Fsp3) is 0.667. The quantitative estimate of drug-likeness (QED) is 0.873. The first-order chi connectivity index (χ1) is 9.67. The van der Waals surface area contributed by atoms with Crippen LogP contribution in [0.15, 0.2) is 24.3 Å². The molecule has 1 N–H and O–H groups in total. The summed E-state index contributed by atoms with van der Waals surface area (Å²) < 4.78 is 13.4. The summed E-state index contributed by atoms with van der Waals surface area (Å²) in [4.78, 5) is 0. The van der Waals surface area contributed by atoms with Gasteiger partial charge in [0.15, 0.2) is 0 Å². The van der Waals surface area contributed by atoms with E-state index in [1.807, 2.05) is 6.07 Å². The summed E-state index contributed by atoms with van der Waals surface area (Å²) in [6, 6.07) is 7.20. The molecule has 1 saturated heterocycles. The Morgan fingerprint density at radius 1 is 1.30 bits per heavy atom. The molecule has 1 aliphatic heterocycles. The van der Waals surface area contributed by atoms with E-state index in [0.29, 0.717) is 5.41 Å². The van der Waals surface area contributed by atoms with E-state index in [1.165, 1.54) is 32.1 Å². The SMILES string of the molecule is CC1(Cc2cccc(F)c2)CCNCC1C1CCCC1. The van der Waals surface area contributed by atoms with Gasteiger partial charge in [0.2, 0.25) is 0 Å². The van der Waals surface area contributed by atoms with Crippen molar-refractivity contribution in [3.05, 3.63) is 35.6 Å². The molecule has 1 heterocycles. The average Bonchev–Trinajstić information content (AvgIpc) is 2.92. The van der Waals surface area contributed by atoms with Crippen molar-refractivity contribution in [1.82, 2.24) is 5.32 Å². The maximum Gasteiger partial charge on any atom is 0.123 e. The Balaban J connectivity index is 1.79. The van der Waals surface area contributed by atoms with Gasteiger partial charge < -0.3 is 5.32 Å². The topological polar surface area (TPSA) is 12.0 Å². The van der Waals surface area contributed by atoms with Crippen molar-refractivity contribution in [1.29, 1.82) is 0 Å². The summed E-state index contributed by atoms with van der Waals surface area (Å²) in [5.74, 6) is 1.53. The van der Waals surface area contributed by atoms with Crippen LogP contribution >= 0.6 is 0 Å². The molecule has 0 bridgehead atoms. The van der Waals surface area contributed by atoms with E-state index in [0.717, 1.165) is 36.9 Å². The number of hydrogen-bond acceptors (Lipinski definition) is 1. The van der Waals surface area contributed by atoms with Crippen LogP contribution in [0.4, 0.5) is 4.39 Å². The number of piperidine rings is 1. The van der Waals surface area contributed by atoms with Crippen LogP contribution in [0.5, 0.6) is 0 Å². The highest BCUT2D eigenvalue weighted by atomic mass is 19.1. The van der Waals surface area contributed by atoms with Crippen molar-refractivity contribution in [3.63, 3.8) is 0 Å². The molecule has 1 nitrogen and oxygen atoms in total. The smallest absolute Gasteiger partial charge is 0.123 e. The highest BCUT2D eigenvalue weighted by molar-refractivity contribution is 5.18. The molecule has 2 unspecified atom stereocenters. The van der Waals surface area contributed by atoms with Crippen LogP contribution in [0, 0.1) is 23.1 Å². The molecule has 0 amide bonds. The zero-order valence-electron chi connectivity index (χ0n) is 12.5. The number of halogens is 1. The Hall–Kier alpha value is -0.890. The minimum absolute atomic E-state index is 0.0996. The van der Waals surface area contributed by atoms with Crippen molar-refractivity contribution in [3.8, 4) is 0 Å². The predicted molar refractivity (Wildman–Crippen MR) is 81.1 cm³/mol. The first-order valence-electron chi connectivity index (χ1n) is 8.12. The van der Waals surface area contributed by atoms with E-state index in [4.69, 9.17) is 0 Å². The van der Waals surface area contributed by atoms with Crippen LogP contribution in [0.2, 0.25) is 0 Å². The third-order valence-corrected chi connectivity index (χ3v) is 5.60. The maximum atomic E-state index is 13.4. The van der Waals surface area contributed by atoms with Gasteiger partial charge in [-0.15, -0.1) is 0 Å². The van der Waals surface area contributed by atoms with Gasteiger partial charge in [-0.2, -0.15) is 0 Å². The van der Waals surface area contributed by atoms with Crippen molar-refractivity contribution >= 4 is 0 Å². The minimum atomic E-state index is -0.0996. The molecular weight excluding hydrogens is 249 g/mol. The minimum Gasteiger partial charge on any atom is -0.316 e. The molecule has 1 aromatic carbocycles. The van der Waals surface area contributed by atoms with E-state index < -0.39 is 0 Å². The van der Waals surface area contributed by atoms with E-state index >= 15 is 0 Å². The predicted octanol–water partition coefficient (Wildman–Crippen LogP) is 4.17. The zero-order chi connectivity index (χ0) is 14.0. The summed E-state index contributed by atoms with van der Waals surface area (Å²) in [6.07, 6.45) is 7.82. The third kappa shape index (κ3) is 2.90. The van der Waals surface area contributed by atoms with E-state index in [2.05, 4.69) is 18.3 Å². The third-order valence-electron chi connectivity index (χ3n) is 5.60. The van der Waals surface area contributed by atoms with Gasteiger partial charge in [-0.3, -0.25) is 0 Å². The first kappa shape index (κ1) is 14.1. The van der Waals surface area contributed by atoms with E-state index in [9.17, 15) is 4.39 Å². The van der Waals surface area contributed by atoms with Gasteiger partial charge in [0.05, 0.1) is 0 Å². The monoisotopic (exact) mass is 275 g/mol. The Morgan fingerprint density at radius 3 is 2.85 bits per heavy atom. The second-order valence-electron chi connectivity index (χ2n) is 7.07. The molecule has 110 valence electrons. The maximum absolute atomic E-state index is 13.4. The molecule has 0 spiro atoms. The fourth-order valence-electron chi connectivity index (χ4n) is 4.49. The van der Waals surface area contributed by atoms with Crippen LogP contribution in [-0.2, 0) is 6.42 Å². The van der Waals surface area contributed by atoms with Gasteiger partial charge in [0.25, 0.3) is 0 Å². The zero-order valence-corrected chi connectivity index (χ0v) is 12.5. The number of benzene rings is 1. The standard InChI is InChI=1S/C18H26FN/c1-18(12-14-5-4-8-16(19)11-14)9-10-20-13-17(18)15-6-2-3-7-15/h4-5,8,11,15,17,20H,2-3,6-7,9-10,12-13H2,1H3.